The van der Waals surface area contributed by atoms with E-state index in [1.54, 1.807) is 0 Å². The first kappa shape index (κ1) is 13.6. The molecular formula is C12H21NO2S. The van der Waals surface area contributed by atoms with Crippen molar-refractivity contribution in [1.29, 1.82) is 0 Å². The Morgan fingerprint density at radius 1 is 1.56 bits per heavy atom. The molecule has 92 valence electrons. The number of carbonyl (C=O) groups excluding carboxylic acids is 1. The van der Waals surface area contributed by atoms with Crippen LogP contribution in [0.3, 0.4) is 0 Å². The predicted molar refractivity (Wildman–Crippen MR) is 68.8 cm³/mol. The highest BCUT2D eigenvalue weighted by atomic mass is 32.2. The summed E-state index contributed by atoms with van der Waals surface area (Å²) >= 11 is 2.01. The molecule has 0 saturated carbocycles. The molecule has 0 spiro atoms. The van der Waals surface area contributed by atoms with Crippen molar-refractivity contribution in [2.75, 3.05) is 32.0 Å². The second-order valence-electron chi connectivity index (χ2n) is 4.50. The third-order valence-corrected chi connectivity index (χ3v) is 3.71. The van der Waals surface area contributed by atoms with Crippen LogP contribution in [0.25, 0.3) is 0 Å². The largest absolute Gasteiger partial charge is 0.463 e. The number of hydrogen-bond donors (Lipinski definition) is 0. The Kier molecular flexibility index (Phi) is 5.35. The van der Waals surface area contributed by atoms with E-state index in [0.717, 1.165) is 19.6 Å². The first-order chi connectivity index (χ1) is 7.53. The predicted octanol–water partition coefficient (Wildman–Crippen LogP) is 1.93. The van der Waals surface area contributed by atoms with E-state index in [-0.39, 0.29) is 5.97 Å². The molecule has 1 aliphatic rings. The fourth-order valence-electron chi connectivity index (χ4n) is 1.76. The molecule has 0 amide bonds. The maximum Gasteiger partial charge on any atom is 0.330 e. The standard InChI is InChI=1S/C12H21NO2S/c1-4-15-11(14)6-5-7-13-8-9-16-12(2,3)10-13/h5-6H,4,7-10H2,1-3H3/b6-5+. The van der Waals surface area contributed by atoms with Crippen LogP contribution in [0.5, 0.6) is 0 Å². The molecule has 1 aliphatic heterocycles. The van der Waals surface area contributed by atoms with E-state index in [0.29, 0.717) is 11.4 Å². The first-order valence-corrected chi connectivity index (χ1v) is 6.71. The van der Waals surface area contributed by atoms with E-state index in [1.807, 2.05) is 24.8 Å². The van der Waals surface area contributed by atoms with Gasteiger partial charge in [-0.2, -0.15) is 11.8 Å². The Hall–Kier alpha value is -0.480. The van der Waals surface area contributed by atoms with Crippen LogP contribution in [-0.2, 0) is 9.53 Å². The van der Waals surface area contributed by atoms with Crippen LogP contribution in [0.4, 0.5) is 0 Å². The molecule has 1 saturated heterocycles. The molecule has 1 heterocycles. The molecule has 0 atom stereocenters. The van der Waals surface area contributed by atoms with E-state index in [4.69, 9.17) is 4.74 Å². The quantitative estimate of drug-likeness (QED) is 0.557. The topological polar surface area (TPSA) is 29.5 Å². The summed E-state index contributed by atoms with van der Waals surface area (Å²) in [5.41, 5.74) is 0. The van der Waals surface area contributed by atoms with Gasteiger partial charge in [0.25, 0.3) is 0 Å². The van der Waals surface area contributed by atoms with Gasteiger partial charge >= 0.3 is 5.97 Å². The monoisotopic (exact) mass is 243 g/mol. The molecule has 0 radical (unpaired) electrons. The summed E-state index contributed by atoms with van der Waals surface area (Å²) in [5.74, 6) is 0.924. The van der Waals surface area contributed by atoms with E-state index < -0.39 is 0 Å². The van der Waals surface area contributed by atoms with Gasteiger partial charge in [0.2, 0.25) is 0 Å². The van der Waals surface area contributed by atoms with Crippen LogP contribution in [0.1, 0.15) is 20.8 Å². The molecule has 0 aromatic heterocycles. The molecular weight excluding hydrogens is 222 g/mol. The second kappa shape index (κ2) is 6.30. The number of ether oxygens (including phenoxy) is 1. The highest BCUT2D eigenvalue weighted by molar-refractivity contribution is 8.00. The van der Waals surface area contributed by atoms with Gasteiger partial charge < -0.3 is 4.74 Å². The number of esters is 1. The molecule has 0 unspecified atom stereocenters. The molecule has 4 heteroatoms. The number of hydrogen-bond acceptors (Lipinski definition) is 4. The molecule has 0 aromatic rings. The smallest absolute Gasteiger partial charge is 0.330 e. The van der Waals surface area contributed by atoms with Crippen molar-refractivity contribution in [3.63, 3.8) is 0 Å². The lowest BCUT2D eigenvalue weighted by Crippen LogP contribution is -2.43. The van der Waals surface area contributed by atoms with Crippen molar-refractivity contribution in [3.05, 3.63) is 12.2 Å². The summed E-state index contributed by atoms with van der Waals surface area (Å²) in [6.45, 7) is 9.79. The number of rotatable bonds is 4. The molecule has 16 heavy (non-hydrogen) atoms. The summed E-state index contributed by atoms with van der Waals surface area (Å²) in [5, 5.41) is 0. The van der Waals surface area contributed by atoms with Gasteiger partial charge in [0, 0.05) is 36.2 Å². The van der Waals surface area contributed by atoms with Crippen LogP contribution < -0.4 is 0 Å². The minimum absolute atomic E-state index is 0.242. The van der Waals surface area contributed by atoms with E-state index in [9.17, 15) is 4.79 Å². The van der Waals surface area contributed by atoms with Crippen molar-refractivity contribution < 1.29 is 9.53 Å². The summed E-state index contributed by atoms with van der Waals surface area (Å²) < 4.78 is 5.15. The zero-order valence-electron chi connectivity index (χ0n) is 10.4. The van der Waals surface area contributed by atoms with Gasteiger partial charge in [0.1, 0.15) is 0 Å². The fourth-order valence-corrected chi connectivity index (χ4v) is 2.93. The van der Waals surface area contributed by atoms with Crippen molar-refractivity contribution in [1.82, 2.24) is 4.90 Å². The minimum atomic E-state index is -0.242. The Labute approximate surface area is 102 Å². The fraction of sp³-hybridized carbons (Fsp3) is 0.750. The van der Waals surface area contributed by atoms with E-state index >= 15 is 0 Å². The molecule has 1 fully saturated rings. The molecule has 0 N–H and O–H groups in total. The van der Waals surface area contributed by atoms with Crippen molar-refractivity contribution in [2.24, 2.45) is 0 Å². The number of nitrogens with zero attached hydrogens (tertiary/aromatic N) is 1. The Bertz CT molecular complexity index is 264. The lowest BCUT2D eigenvalue weighted by atomic mass is 10.2. The first-order valence-electron chi connectivity index (χ1n) is 5.73. The number of carbonyl (C=O) groups is 1. The third-order valence-electron chi connectivity index (χ3n) is 2.41. The summed E-state index contributed by atoms with van der Waals surface area (Å²) in [6, 6.07) is 0. The Morgan fingerprint density at radius 2 is 2.31 bits per heavy atom. The van der Waals surface area contributed by atoms with Crippen molar-refractivity contribution >= 4 is 17.7 Å². The highest BCUT2D eigenvalue weighted by Gasteiger charge is 2.25. The van der Waals surface area contributed by atoms with Gasteiger partial charge in [-0.3, -0.25) is 4.90 Å². The summed E-state index contributed by atoms with van der Waals surface area (Å²) in [6.07, 6.45) is 3.42. The van der Waals surface area contributed by atoms with Crippen LogP contribution in [0, 0.1) is 0 Å². The third kappa shape index (κ3) is 5.03. The Balaban J connectivity index is 2.29. The summed E-state index contributed by atoms with van der Waals surface area (Å²) in [7, 11) is 0. The molecule has 1 rings (SSSR count). The highest BCUT2D eigenvalue weighted by Crippen LogP contribution is 2.29. The molecule has 3 nitrogen and oxygen atoms in total. The van der Waals surface area contributed by atoms with E-state index in [2.05, 4.69) is 18.7 Å². The molecule has 0 aliphatic carbocycles. The van der Waals surface area contributed by atoms with Gasteiger partial charge in [0.05, 0.1) is 6.61 Å². The van der Waals surface area contributed by atoms with Gasteiger partial charge in [0.15, 0.2) is 0 Å². The zero-order chi connectivity index (χ0) is 12.0. The van der Waals surface area contributed by atoms with Crippen LogP contribution in [-0.4, -0.2) is 47.6 Å². The second-order valence-corrected chi connectivity index (χ2v) is 6.30. The number of thioether (sulfide) groups is 1. The SMILES string of the molecule is CCOC(=O)/C=C/CN1CCSC(C)(C)C1. The Morgan fingerprint density at radius 3 is 2.94 bits per heavy atom. The van der Waals surface area contributed by atoms with Gasteiger partial charge in [-0.1, -0.05) is 6.08 Å². The maximum atomic E-state index is 11.1. The van der Waals surface area contributed by atoms with E-state index in [1.165, 1.54) is 11.8 Å². The van der Waals surface area contributed by atoms with Gasteiger partial charge in [-0.15, -0.1) is 0 Å². The molecule has 0 aromatic carbocycles. The van der Waals surface area contributed by atoms with Crippen LogP contribution in [0.15, 0.2) is 12.2 Å². The van der Waals surface area contributed by atoms with Gasteiger partial charge in [-0.25, -0.2) is 4.79 Å². The lowest BCUT2D eigenvalue weighted by Gasteiger charge is -2.36. The van der Waals surface area contributed by atoms with Crippen LogP contribution >= 0.6 is 11.8 Å². The minimum Gasteiger partial charge on any atom is -0.463 e. The van der Waals surface area contributed by atoms with Crippen molar-refractivity contribution in [3.8, 4) is 0 Å². The normalized spacial score (nSPS) is 21.2. The van der Waals surface area contributed by atoms with Gasteiger partial charge in [-0.05, 0) is 20.8 Å². The maximum absolute atomic E-state index is 11.1. The molecule has 0 bridgehead atoms. The zero-order valence-corrected chi connectivity index (χ0v) is 11.2. The van der Waals surface area contributed by atoms with Crippen LogP contribution in [0.2, 0.25) is 0 Å². The van der Waals surface area contributed by atoms with Crippen molar-refractivity contribution in [2.45, 2.75) is 25.5 Å². The summed E-state index contributed by atoms with van der Waals surface area (Å²) in [4.78, 5) is 13.4. The lowest BCUT2D eigenvalue weighted by molar-refractivity contribution is -0.137. The average molecular weight is 243 g/mol. The average Bonchev–Trinajstić information content (AvgIpc) is 2.16.